The van der Waals surface area contributed by atoms with Crippen LogP contribution in [-0.4, -0.2) is 22.9 Å². The lowest BCUT2D eigenvalue weighted by molar-refractivity contribution is 0.245. The first-order chi connectivity index (χ1) is 9.06. The van der Waals surface area contributed by atoms with E-state index >= 15 is 0 Å². The molecule has 3 heteroatoms. The third-order valence-corrected chi connectivity index (χ3v) is 4.85. The van der Waals surface area contributed by atoms with E-state index in [0.29, 0.717) is 5.41 Å². The Balaban J connectivity index is 1.63. The summed E-state index contributed by atoms with van der Waals surface area (Å²) in [6.07, 6.45) is 9.80. The molecule has 2 saturated carbocycles. The number of nitrogens with zero attached hydrogens (tertiary/aromatic N) is 2. The van der Waals surface area contributed by atoms with Crippen molar-refractivity contribution in [3.05, 3.63) is 18.0 Å². The van der Waals surface area contributed by atoms with Gasteiger partial charge in [0.25, 0.3) is 0 Å². The average Bonchev–Trinajstić information content (AvgIpc) is 2.75. The molecule has 0 radical (unpaired) electrons. The zero-order valence-electron chi connectivity index (χ0n) is 12.5. The number of aryl methyl sites for hydroxylation is 1. The normalized spacial score (nSPS) is 32.8. The highest BCUT2D eigenvalue weighted by Crippen LogP contribution is 2.60. The first kappa shape index (κ1) is 13.2. The summed E-state index contributed by atoms with van der Waals surface area (Å²) in [5.41, 5.74) is 1.92. The minimum atomic E-state index is 0.505. The molecule has 106 valence electrons. The molecule has 0 spiro atoms. The second-order valence-corrected chi connectivity index (χ2v) is 7.39. The molecule has 2 unspecified atom stereocenters. The summed E-state index contributed by atoms with van der Waals surface area (Å²) in [4.78, 5) is 0. The van der Waals surface area contributed by atoms with Gasteiger partial charge in [0.1, 0.15) is 0 Å². The molecule has 0 aromatic carbocycles. The fourth-order valence-corrected chi connectivity index (χ4v) is 3.98. The van der Waals surface area contributed by atoms with Gasteiger partial charge in [0, 0.05) is 19.8 Å². The molecule has 2 atom stereocenters. The van der Waals surface area contributed by atoms with E-state index in [0.717, 1.165) is 24.3 Å². The number of nitrogens with one attached hydrogen (secondary N) is 1. The number of fused-ring (bicyclic) bond motifs is 1. The lowest BCUT2D eigenvalue weighted by atomic mass is 9.78. The molecule has 2 aliphatic carbocycles. The Morgan fingerprint density at radius 3 is 2.74 bits per heavy atom. The van der Waals surface area contributed by atoms with Crippen LogP contribution in [0.25, 0.3) is 0 Å². The summed E-state index contributed by atoms with van der Waals surface area (Å²) < 4.78 is 1.93. The predicted molar refractivity (Wildman–Crippen MR) is 77.9 cm³/mol. The fourth-order valence-electron chi connectivity index (χ4n) is 3.98. The molecule has 2 fully saturated rings. The average molecular weight is 261 g/mol. The molecule has 1 N–H and O–H groups in total. The minimum absolute atomic E-state index is 0.505. The topological polar surface area (TPSA) is 29.9 Å². The van der Waals surface area contributed by atoms with E-state index in [4.69, 9.17) is 0 Å². The largest absolute Gasteiger partial charge is 0.316 e. The van der Waals surface area contributed by atoms with Gasteiger partial charge in [0.2, 0.25) is 0 Å². The maximum Gasteiger partial charge on any atom is 0.0521 e. The number of hydrogen-bond acceptors (Lipinski definition) is 2. The molecule has 3 rings (SSSR count). The van der Waals surface area contributed by atoms with Crippen LogP contribution >= 0.6 is 0 Å². The van der Waals surface area contributed by atoms with Gasteiger partial charge in [0.15, 0.2) is 0 Å². The summed E-state index contributed by atoms with van der Waals surface area (Å²) >= 11 is 0. The van der Waals surface area contributed by atoms with Gasteiger partial charge >= 0.3 is 0 Å². The van der Waals surface area contributed by atoms with Crippen LogP contribution in [0.1, 0.15) is 38.7 Å². The predicted octanol–water partition coefficient (Wildman–Crippen LogP) is 2.62. The molecule has 0 aliphatic heterocycles. The highest BCUT2D eigenvalue weighted by atomic mass is 15.2. The van der Waals surface area contributed by atoms with Gasteiger partial charge in [0.05, 0.1) is 6.20 Å². The number of rotatable bonds is 6. The Kier molecular flexibility index (Phi) is 3.42. The molecule has 1 heterocycles. The van der Waals surface area contributed by atoms with Crippen molar-refractivity contribution in [2.75, 3.05) is 13.1 Å². The Morgan fingerprint density at radius 1 is 1.42 bits per heavy atom. The molecule has 0 amide bonds. The van der Waals surface area contributed by atoms with Gasteiger partial charge in [-0.2, -0.15) is 5.10 Å². The SMILES string of the molecule is CC(C)CNCC1(Cc2cnn(C)c2)CC2CC2C1. The molecule has 1 aromatic rings. The smallest absolute Gasteiger partial charge is 0.0521 e. The first-order valence-electron chi connectivity index (χ1n) is 7.75. The Labute approximate surface area is 116 Å². The summed E-state index contributed by atoms with van der Waals surface area (Å²) in [6, 6.07) is 0. The lowest BCUT2D eigenvalue weighted by Gasteiger charge is -2.31. The van der Waals surface area contributed by atoms with Crippen molar-refractivity contribution in [2.24, 2.45) is 30.2 Å². The van der Waals surface area contributed by atoms with Gasteiger partial charge in [-0.15, -0.1) is 0 Å². The Bertz CT molecular complexity index is 425. The zero-order valence-corrected chi connectivity index (χ0v) is 12.5. The maximum atomic E-state index is 4.32. The van der Waals surface area contributed by atoms with Gasteiger partial charge in [-0.25, -0.2) is 0 Å². The van der Waals surface area contributed by atoms with Gasteiger partial charge in [-0.3, -0.25) is 4.68 Å². The van der Waals surface area contributed by atoms with Crippen LogP contribution in [0.3, 0.4) is 0 Å². The number of hydrogen-bond donors (Lipinski definition) is 1. The second kappa shape index (κ2) is 4.93. The van der Waals surface area contributed by atoms with E-state index < -0.39 is 0 Å². The molecule has 0 saturated heterocycles. The van der Waals surface area contributed by atoms with E-state index in [1.165, 1.54) is 37.8 Å². The van der Waals surface area contributed by atoms with Crippen LogP contribution in [0, 0.1) is 23.2 Å². The van der Waals surface area contributed by atoms with Crippen LogP contribution in [0.15, 0.2) is 12.4 Å². The summed E-state index contributed by atoms with van der Waals surface area (Å²) in [7, 11) is 2.01. The van der Waals surface area contributed by atoms with E-state index in [-0.39, 0.29) is 0 Å². The summed E-state index contributed by atoms with van der Waals surface area (Å²) in [6.45, 7) is 6.90. The van der Waals surface area contributed by atoms with Crippen molar-refractivity contribution in [2.45, 2.75) is 39.5 Å². The van der Waals surface area contributed by atoms with Crippen LogP contribution < -0.4 is 5.32 Å². The first-order valence-corrected chi connectivity index (χ1v) is 7.75. The maximum absolute atomic E-state index is 4.32. The van der Waals surface area contributed by atoms with Gasteiger partial charge in [-0.05, 0) is 61.0 Å². The molecule has 19 heavy (non-hydrogen) atoms. The van der Waals surface area contributed by atoms with Gasteiger partial charge in [-0.1, -0.05) is 13.8 Å². The van der Waals surface area contributed by atoms with Crippen LogP contribution in [0.4, 0.5) is 0 Å². The Hall–Kier alpha value is -0.830. The molecular formula is C16H27N3. The van der Waals surface area contributed by atoms with Crippen molar-refractivity contribution >= 4 is 0 Å². The molecule has 3 nitrogen and oxygen atoms in total. The molecule has 2 aliphatic rings. The molecule has 1 aromatic heterocycles. The number of aromatic nitrogens is 2. The summed E-state index contributed by atoms with van der Waals surface area (Å²) in [5, 5.41) is 8.03. The van der Waals surface area contributed by atoms with Crippen LogP contribution in [0.2, 0.25) is 0 Å². The third kappa shape index (κ3) is 3.02. The van der Waals surface area contributed by atoms with E-state index in [9.17, 15) is 0 Å². The van der Waals surface area contributed by atoms with Crippen molar-refractivity contribution in [1.82, 2.24) is 15.1 Å². The Morgan fingerprint density at radius 2 is 2.16 bits per heavy atom. The lowest BCUT2D eigenvalue weighted by Crippen LogP contribution is -2.36. The van der Waals surface area contributed by atoms with Crippen molar-refractivity contribution in [1.29, 1.82) is 0 Å². The minimum Gasteiger partial charge on any atom is -0.316 e. The quantitative estimate of drug-likeness (QED) is 0.853. The van der Waals surface area contributed by atoms with Crippen molar-refractivity contribution in [3.63, 3.8) is 0 Å². The second-order valence-electron chi connectivity index (χ2n) is 7.39. The highest BCUT2D eigenvalue weighted by Gasteiger charge is 2.53. The van der Waals surface area contributed by atoms with E-state index in [1.807, 2.05) is 17.9 Å². The zero-order chi connectivity index (χ0) is 13.5. The molecular weight excluding hydrogens is 234 g/mol. The van der Waals surface area contributed by atoms with E-state index in [2.05, 4.69) is 30.5 Å². The van der Waals surface area contributed by atoms with Crippen LogP contribution in [-0.2, 0) is 13.5 Å². The standard InChI is InChI=1S/C16H27N3/c1-12(2)8-17-11-16(6-14-4-15(14)7-16)5-13-9-18-19(3)10-13/h9-10,12,14-15,17H,4-8,11H2,1-3H3. The van der Waals surface area contributed by atoms with Gasteiger partial charge < -0.3 is 5.32 Å². The van der Waals surface area contributed by atoms with Crippen molar-refractivity contribution < 1.29 is 0 Å². The molecule has 0 bridgehead atoms. The fraction of sp³-hybridized carbons (Fsp3) is 0.812. The monoisotopic (exact) mass is 261 g/mol. The third-order valence-electron chi connectivity index (χ3n) is 4.85. The van der Waals surface area contributed by atoms with Crippen LogP contribution in [0.5, 0.6) is 0 Å². The highest BCUT2D eigenvalue weighted by molar-refractivity contribution is 5.13. The van der Waals surface area contributed by atoms with Crippen molar-refractivity contribution in [3.8, 4) is 0 Å². The van der Waals surface area contributed by atoms with E-state index in [1.54, 1.807) is 0 Å². The summed E-state index contributed by atoms with van der Waals surface area (Å²) in [5.74, 6) is 2.82.